The van der Waals surface area contributed by atoms with E-state index in [0.29, 0.717) is 6.10 Å². The van der Waals surface area contributed by atoms with E-state index < -0.39 is 0 Å². The molecule has 2 saturated heterocycles. The molecule has 0 amide bonds. The summed E-state index contributed by atoms with van der Waals surface area (Å²) in [5.74, 6) is 0. The third-order valence-corrected chi connectivity index (χ3v) is 4.63. The molecule has 112 valence electrons. The molecule has 2 atom stereocenters. The van der Waals surface area contributed by atoms with Gasteiger partial charge < -0.3 is 15.2 Å². The zero-order chi connectivity index (χ0) is 13.6. The molecule has 2 rings (SSSR count). The van der Waals surface area contributed by atoms with Crippen molar-refractivity contribution in [3.05, 3.63) is 0 Å². The molecule has 19 heavy (non-hydrogen) atoms. The zero-order valence-electron chi connectivity index (χ0n) is 12.4. The van der Waals surface area contributed by atoms with Gasteiger partial charge in [0.25, 0.3) is 0 Å². The lowest BCUT2D eigenvalue weighted by atomic mass is 9.86. The number of hydrogen-bond donors (Lipinski definition) is 1. The average Bonchev–Trinajstić information content (AvgIpc) is 2.72. The number of likely N-dealkylation sites (tertiary alicyclic amines) is 1. The monoisotopic (exact) mass is 270 g/mol. The van der Waals surface area contributed by atoms with Gasteiger partial charge in [-0.15, -0.1) is 0 Å². The second-order valence-electron chi connectivity index (χ2n) is 5.98. The van der Waals surface area contributed by atoms with Crippen LogP contribution in [0.4, 0.5) is 0 Å². The molecule has 0 aromatic heterocycles. The first-order valence-corrected chi connectivity index (χ1v) is 7.95. The highest BCUT2D eigenvalue weighted by atomic mass is 16.5. The molecule has 0 aromatic rings. The number of hydrogen-bond acceptors (Lipinski definition) is 4. The largest absolute Gasteiger partial charge is 0.381 e. The van der Waals surface area contributed by atoms with E-state index in [2.05, 4.69) is 11.8 Å². The van der Waals surface area contributed by atoms with E-state index in [1.807, 2.05) is 0 Å². The van der Waals surface area contributed by atoms with Crippen molar-refractivity contribution in [2.24, 2.45) is 5.73 Å². The van der Waals surface area contributed by atoms with Gasteiger partial charge in [0.15, 0.2) is 0 Å². The number of nitrogens with zero attached hydrogens (tertiary/aromatic N) is 1. The van der Waals surface area contributed by atoms with Gasteiger partial charge in [0.2, 0.25) is 0 Å². The molecular weight excluding hydrogens is 240 g/mol. The molecule has 2 heterocycles. The van der Waals surface area contributed by atoms with E-state index in [0.717, 1.165) is 52.2 Å². The van der Waals surface area contributed by atoms with Gasteiger partial charge in [-0.25, -0.2) is 0 Å². The Balaban J connectivity index is 1.96. The highest BCUT2D eigenvalue weighted by Crippen LogP contribution is 2.30. The van der Waals surface area contributed by atoms with Crippen LogP contribution in [0.1, 0.15) is 45.4 Å². The molecule has 0 radical (unpaired) electrons. The van der Waals surface area contributed by atoms with Gasteiger partial charge in [-0.2, -0.15) is 0 Å². The van der Waals surface area contributed by atoms with Crippen LogP contribution in [-0.2, 0) is 9.47 Å². The van der Waals surface area contributed by atoms with Crippen LogP contribution in [0.3, 0.4) is 0 Å². The SMILES string of the molecule is CCCOC1CCCN(C2(CN)CCCOCC2)C1. The molecule has 2 aliphatic heterocycles. The van der Waals surface area contributed by atoms with Gasteiger partial charge in [0.1, 0.15) is 0 Å². The fourth-order valence-corrected chi connectivity index (χ4v) is 3.43. The minimum atomic E-state index is 0.157. The van der Waals surface area contributed by atoms with E-state index in [1.54, 1.807) is 0 Å². The maximum atomic E-state index is 6.15. The normalized spacial score (nSPS) is 34.1. The van der Waals surface area contributed by atoms with Crippen molar-refractivity contribution < 1.29 is 9.47 Å². The summed E-state index contributed by atoms with van der Waals surface area (Å²) in [5.41, 5.74) is 6.30. The highest BCUT2D eigenvalue weighted by molar-refractivity contribution is 4.95. The van der Waals surface area contributed by atoms with E-state index in [1.165, 1.54) is 25.8 Å². The summed E-state index contributed by atoms with van der Waals surface area (Å²) < 4.78 is 11.6. The van der Waals surface area contributed by atoms with Crippen molar-refractivity contribution in [1.82, 2.24) is 4.90 Å². The smallest absolute Gasteiger partial charge is 0.0702 e. The molecule has 2 N–H and O–H groups in total. The summed E-state index contributed by atoms with van der Waals surface area (Å²) in [6, 6.07) is 0. The van der Waals surface area contributed by atoms with Crippen LogP contribution in [0.2, 0.25) is 0 Å². The maximum absolute atomic E-state index is 6.15. The standard InChI is InChI=1S/C15H30N2O2/c1-2-9-19-14-5-3-8-17(12-14)15(13-16)6-4-10-18-11-7-15/h14H,2-13,16H2,1H3. The van der Waals surface area contributed by atoms with E-state index in [4.69, 9.17) is 15.2 Å². The lowest BCUT2D eigenvalue weighted by molar-refractivity contribution is -0.0417. The fraction of sp³-hybridized carbons (Fsp3) is 1.00. The third kappa shape index (κ3) is 3.91. The van der Waals surface area contributed by atoms with Crippen molar-refractivity contribution >= 4 is 0 Å². The molecule has 0 saturated carbocycles. The van der Waals surface area contributed by atoms with Gasteiger partial charge in [0, 0.05) is 38.4 Å². The minimum absolute atomic E-state index is 0.157. The van der Waals surface area contributed by atoms with E-state index in [9.17, 15) is 0 Å². The van der Waals surface area contributed by atoms with Crippen LogP contribution < -0.4 is 5.73 Å². The zero-order valence-corrected chi connectivity index (χ0v) is 12.4. The number of rotatable bonds is 5. The van der Waals surface area contributed by atoms with Crippen LogP contribution >= 0.6 is 0 Å². The van der Waals surface area contributed by atoms with Gasteiger partial charge in [-0.1, -0.05) is 6.92 Å². The highest BCUT2D eigenvalue weighted by Gasteiger charge is 2.38. The quantitative estimate of drug-likeness (QED) is 0.827. The summed E-state index contributed by atoms with van der Waals surface area (Å²) in [6.45, 7) is 7.78. The molecule has 2 aliphatic rings. The van der Waals surface area contributed by atoms with Crippen molar-refractivity contribution in [3.8, 4) is 0 Å². The molecule has 0 bridgehead atoms. The first-order chi connectivity index (χ1) is 9.30. The van der Waals surface area contributed by atoms with E-state index in [-0.39, 0.29) is 5.54 Å². The average molecular weight is 270 g/mol. The molecule has 0 spiro atoms. The van der Waals surface area contributed by atoms with Gasteiger partial charge in [-0.05, 0) is 45.1 Å². The Bertz CT molecular complexity index is 253. The predicted molar refractivity (Wildman–Crippen MR) is 77.3 cm³/mol. The molecule has 4 nitrogen and oxygen atoms in total. The Morgan fingerprint density at radius 1 is 1.32 bits per heavy atom. The Morgan fingerprint density at radius 3 is 3.00 bits per heavy atom. The van der Waals surface area contributed by atoms with Crippen LogP contribution in [0.25, 0.3) is 0 Å². The van der Waals surface area contributed by atoms with Gasteiger partial charge in [0.05, 0.1) is 6.10 Å². The van der Waals surface area contributed by atoms with Crippen molar-refractivity contribution in [2.45, 2.75) is 57.1 Å². The Kier molecular flexibility index (Phi) is 6.07. The molecule has 4 heteroatoms. The summed E-state index contributed by atoms with van der Waals surface area (Å²) in [5, 5.41) is 0. The van der Waals surface area contributed by atoms with Crippen molar-refractivity contribution in [3.63, 3.8) is 0 Å². The third-order valence-electron chi connectivity index (χ3n) is 4.63. The Morgan fingerprint density at radius 2 is 2.21 bits per heavy atom. The number of piperidine rings is 1. The topological polar surface area (TPSA) is 47.7 Å². The fourth-order valence-electron chi connectivity index (χ4n) is 3.43. The maximum Gasteiger partial charge on any atom is 0.0702 e. The van der Waals surface area contributed by atoms with Crippen molar-refractivity contribution in [2.75, 3.05) is 39.5 Å². The second-order valence-corrected chi connectivity index (χ2v) is 5.98. The summed E-state index contributed by atoms with van der Waals surface area (Å²) in [4.78, 5) is 2.60. The molecule has 2 unspecified atom stereocenters. The number of ether oxygens (including phenoxy) is 2. The summed E-state index contributed by atoms with van der Waals surface area (Å²) in [6.07, 6.45) is 7.32. The summed E-state index contributed by atoms with van der Waals surface area (Å²) in [7, 11) is 0. The predicted octanol–water partition coefficient (Wildman–Crippen LogP) is 1.78. The molecular formula is C15H30N2O2. The van der Waals surface area contributed by atoms with Crippen LogP contribution in [0.5, 0.6) is 0 Å². The van der Waals surface area contributed by atoms with Crippen LogP contribution in [0, 0.1) is 0 Å². The first kappa shape index (κ1) is 15.2. The van der Waals surface area contributed by atoms with Crippen LogP contribution in [-0.4, -0.2) is 56.0 Å². The van der Waals surface area contributed by atoms with Gasteiger partial charge in [-0.3, -0.25) is 4.90 Å². The van der Waals surface area contributed by atoms with Crippen molar-refractivity contribution in [1.29, 1.82) is 0 Å². The number of nitrogens with two attached hydrogens (primary N) is 1. The summed E-state index contributed by atoms with van der Waals surface area (Å²) >= 11 is 0. The van der Waals surface area contributed by atoms with Gasteiger partial charge >= 0.3 is 0 Å². The van der Waals surface area contributed by atoms with Crippen LogP contribution in [0.15, 0.2) is 0 Å². The molecule has 0 aromatic carbocycles. The second kappa shape index (κ2) is 7.58. The molecule has 2 fully saturated rings. The Hall–Kier alpha value is -0.160. The molecule has 0 aliphatic carbocycles. The lowest BCUT2D eigenvalue weighted by Crippen LogP contribution is -2.58. The lowest BCUT2D eigenvalue weighted by Gasteiger charge is -2.46. The van der Waals surface area contributed by atoms with E-state index >= 15 is 0 Å². The minimum Gasteiger partial charge on any atom is -0.381 e. The first-order valence-electron chi connectivity index (χ1n) is 7.95. The Labute approximate surface area is 117 Å².